The minimum absolute atomic E-state index is 0.0191. The fourth-order valence-corrected chi connectivity index (χ4v) is 2.91. The van der Waals surface area contributed by atoms with Crippen molar-refractivity contribution in [2.75, 3.05) is 0 Å². The van der Waals surface area contributed by atoms with Crippen molar-refractivity contribution in [3.8, 4) is 0 Å². The topological polar surface area (TPSA) is 22.0 Å². The molecule has 1 aliphatic rings. The minimum Gasteiger partial charge on any atom is -0.342 e. The van der Waals surface area contributed by atoms with Crippen molar-refractivity contribution in [2.45, 2.75) is 46.1 Å². The maximum absolute atomic E-state index is 13.7. The SMILES string of the molecule is Cc1cc(C(=O)CCc2ccc(F)cc2F)n(CC2CC2)c1C. The van der Waals surface area contributed by atoms with Gasteiger partial charge in [-0.3, -0.25) is 4.79 Å². The molecular formula is C19H21F2NO. The lowest BCUT2D eigenvalue weighted by molar-refractivity contribution is 0.0973. The molecule has 2 nitrogen and oxygen atoms in total. The molecule has 122 valence electrons. The van der Waals surface area contributed by atoms with Gasteiger partial charge in [-0.15, -0.1) is 0 Å². The first-order chi connectivity index (χ1) is 11.0. The summed E-state index contributed by atoms with van der Waals surface area (Å²) in [5, 5.41) is 0. The average Bonchev–Trinajstić information content (AvgIpc) is 3.28. The second-order valence-electron chi connectivity index (χ2n) is 6.51. The number of benzene rings is 1. The standard InChI is InChI=1S/C19H21F2NO/c1-12-9-18(22(13(12)2)11-14-3-4-14)19(23)8-6-15-5-7-16(20)10-17(15)21/h5,7,9-10,14H,3-4,6,8,11H2,1-2H3. The van der Waals surface area contributed by atoms with Crippen molar-refractivity contribution in [2.24, 2.45) is 5.92 Å². The van der Waals surface area contributed by atoms with E-state index in [0.29, 0.717) is 11.5 Å². The molecule has 4 heteroatoms. The number of hydrogen-bond donors (Lipinski definition) is 0. The maximum atomic E-state index is 13.7. The third kappa shape index (κ3) is 3.52. The predicted molar refractivity (Wildman–Crippen MR) is 85.6 cm³/mol. The highest BCUT2D eigenvalue weighted by Crippen LogP contribution is 2.32. The van der Waals surface area contributed by atoms with E-state index in [1.807, 2.05) is 19.9 Å². The molecule has 0 N–H and O–H groups in total. The normalized spacial score (nSPS) is 14.3. The summed E-state index contributed by atoms with van der Waals surface area (Å²) in [5.41, 5.74) is 3.35. The number of Topliss-reactive ketones (excluding diaryl/α,β-unsaturated/α-hetero) is 1. The second-order valence-corrected chi connectivity index (χ2v) is 6.51. The number of aromatic nitrogens is 1. The van der Waals surface area contributed by atoms with Gasteiger partial charge in [0, 0.05) is 24.7 Å². The number of carbonyl (C=O) groups excluding carboxylic acids is 1. The van der Waals surface area contributed by atoms with Gasteiger partial charge in [0.05, 0.1) is 5.69 Å². The van der Waals surface area contributed by atoms with Crippen LogP contribution in [0.3, 0.4) is 0 Å². The maximum Gasteiger partial charge on any atom is 0.179 e. The zero-order valence-electron chi connectivity index (χ0n) is 13.5. The number of nitrogens with zero attached hydrogens (tertiary/aromatic N) is 1. The summed E-state index contributed by atoms with van der Waals surface area (Å²) in [5.74, 6) is -0.479. The van der Waals surface area contributed by atoms with Crippen molar-refractivity contribution >= 4 is 5.78 Å². The van der Waals surface area contributed by atoms with Crippen LogP contribution in [0.1, 0.15) is 46.6 Å². The van der Waals surface area contributed by atoms with E-state index >= 15 is 0 Å². The molecular weight excluding hydrogens is 296 g/mol. The molecule has 1 saturated carbocycles. The zero-order chi connectivity index (χ0) is 16.6. The zero-order valence-corrected chi connectivity index (χ0v) is 13.5. The van der Waals surface area contributed by atoms with E-state index in [1.54, 1.807) is 0 Å². The van der Waals surface area contributed by atoms with E-state index in [4.69, 9.17) is 0 Å². The molecule has 2 aromatic rings. The highest BCUT2D eigenvalue weighted by molar-refractivity contribution is 5.95. The van der Waals surface area contributed by atoms with E-state index in [2.05, 4.69) is 4.57 Å². The van der Waals surface area contributed by atoms with Gasteiger partial charge in [-0.05, 0) is 62.3 Å². The smallest absolute Gasteiger partial charge is 0.179 e. The Morgan fingerprint density at radius 2 is 1.96 bits per heavy atom. The number of rotatable bonds is 6. The summed E-state index contributed by atoms with van der Waals surface area (Å²) in [4.78, 5) is 12.6. The summed E-state index contributed by atoms with van der Waals surface area (Å²) in [6.45, 7) is 4.94. The van der Waals surface area contributed by atoms with E-state index in [9.17, 15) is 13.6 Å². The first kappa shape index (κ1) is 15.9. The molecule has 0 unspecified atom stereocenters. The molecule has 3 rings (SSSR count). The molecule has 0 amide bonds. The van der Waals surface area contributed by atoms with Gasteiger partial charge >= 0.3 is 0 Å². The molecule has 1 aliphatic carbocycles. The number of aryl methyl sites for hydroxylation is 2. The Labute approximate surface area is 135 Å². The van der Waals surface area contributed by atoms with Crippen LogP contribution in [0.15, 0.2) is 24.3 Å². The summed E-state index contributed by atoms with van der Waals surface area (Å²) in [6, 6.07) is 5.44. The van der Waals surface area contributed by atoms with E-state index in [0.717, 1.165) is 29.6 Å². The van der Waals surface area contributed by atoms with Gasteiger partial charge in [-0.25, -0.2) is 8.78 Å². The van der Waals surface area contributed by atoms with Gasteiger partial charge in [0.1, 0.15) is 11.6 Å². The highest BCUT2D eigenvalue weighted by Gasteiger charge is 2.25. The largest absolute Gasteiger partial charge is 0.342 e. The third-order valence-electron chi connectivity index (χ3n) is 4.68. The lowest BCUT2D eigenvalue weighted by atomic mass is 10.1. The minimum atomic E-state index is -0.595. The van der Waals surface area contributed by atoms with Crippen LogP contribution in [-0.4, -0.2) is 10.4 Å². The summed E-state index contributed by atoms with van der Waals surface area (Å²) in [7, 11) is 0. The molecule has 1 heterocycles. The van der Waals surface area contributed by atoms with Gasteiger partial charge in [-0.1, -0.05) is 6.07 Å². The van der Waals surface area contributed by atoms with Gasteiger partial charge in [0.25, 0.3) is 0 Å². The van der Waals surface area contributed by atoms with Gasteiger partial charge in [-0.2, -0.15) is 0 Å². The van der Waals surface area contributed by atoms with Gasteiger partial charge < -0.3 is 4.57 Å². The van der Waals surface area contributed by atoms with Crippen LogP contribution in [0.4, 0.5) is 8.78 Å². The molecule has 1 aromatic carbocycles. The number of halogens is 2. The number of hydrogen-bond acceptors (Lipinski definition) is 1. The van der Waals surface area contributed by atoms with E-state index in [1.165, 1.54) is 25.0 Å². The van der Waals surface area contributed by atoms with Crippen molar-refractivity contribution in [3.63, 3.8) is 0 Å². The summed E-state index contributed by atoms with van der Waals surface area (Å²) < 4.78 is 28.7. The molecule has 0 radical (unpaired) electrons. The van der Waals surface area contributed by atoms with Crippen molar-refractivity contribution < 1.29 is 13.6 Å². The summed E-state index contributed by atoms with van der Waals surface area (Å²) >= 11 is 0. The molecule has 0 spiro atoms. The van der Waals surface area contributed by atoms with Crippen molar-refractivity contribution in [3.05, 3.63) is 58.4 Å². The lowest BCUT2D eigenvalue weighted by Crippen LogP contribution is -2.12. The average molecular weight is 317 g/mol. The number of carbonyl (C=O) groups is 1. The first-order valence-electron chi connectivity index (χ1n) is 8.09. The van der Waals surface area contributed by atoms with Crippen LogP contribution < -0.4 is 0 Å². The molecule has 1 fully saturated rings. The Kier molecular flexibility index (Phi) is 4.33. The quantitative estimate of drug-likeness (QED) is 0.713. The van der Waals surface area contributed by atoms with Crippen LogP contribution in [0.25, 0.3) is 0 Å². The lowest BCUT2D eigenvalue weighted by Gasteiger charge is -2.11. The van der Waals surface area contributed by atoms with Crippen LogP contribution in [0.5, 0.6) is 0 Å². The van der Waals surface area contributed by atoms with E-state index in [-0.39, 0.29) is 18.6 Å². The Morgan fingerprint density at radius 1 is 1.22 bits per heavy atom. The van der Waals surface area contributed by atoms with Crippen LogP contribution >= 0.6 is 0 Å². The van der Waals surface area contributed by atoms with Crippen LogP contribution in [-0.2, 0) is 13.0 Å². The second kappa shape index (κ2) is 6.26. The third-order valence-corrected chi connectivity index (χ3v) is 4.68. The van der Waals surface area contributed by atoms with Crippen LogP contribution in [0, 0.1) is 31.4 Å². The van der Waals surface area contributed by atoms with Gasteiger partial charge in [0.2, 0.25) is 0 Å². The molecule has 1 aromatic heterocycles. The first-order valence-corrected chi connectivity index (χ1v) is 8.09. The van der Waals surface area contributed by atoms with Crippen molar-refractivity contribution in [1.82, 2.24) is 4.57 Å². The Morgan fingerprint density at radius 3 is 2.61 bits per heavy atom. The molecule has 23 heavy (non-hydrogen) atoms. The Hall–Kier alpha value is -1.97. The molecule has 0 bridgehead atoms. The molecule has 0 aliphatic heterocycles. The van der Waals surface area contributed by atoms with Gasteiger partial charge in [0.15, 0.2) is 5.78 Å². The van der Waals surface area contributed by atoms with E-state index < -0.39 is 11.6 Å². The fraction of sp³-hybridized carbons (Fsp3) is 0.421. The molecule has 0 saturated heterocycles. The number of ketones is 1. The Bertz CT molecular complexity index is 744. The predicted octanol–water partition coefficient (Wildman–Crippen LogP) is 4.61. The van der Waals surface area contributed by atoms with Crippen LogP contribution in [0.2, 0.25) is 0 Å². The highest BCUT2D eigenvalue weighted by atomic mass is 19.1. The summed E-state index contributed by atoms with van der Waals surface area (Å²) in [6.07, 6.45) is 2.98. The monoisotopic (exact) mass is 317 g/mol. The fourth-order valence-electron chi connectivity index (χ4n) is 2.91. The molecule has 0 atom stereocenters. The van der Waals surface area contributed by atoms with Crippen molar-refractivity contribution in [1.29, 1.82) is 0 Å². The Balaban J connectivity index is 1.74.